The van der Waals surface area contributed by atoms with Gasteiger partial charge in [-0.15, -0.1) is 0 Å². The Morgan fingerprint density at radius 1 is 1.47 bits per heavy atom. The lowest BCUT2D eigenvalue weighted by Gasteiger charge is -2.30. The van der Waals surface area contributed by atoms with E-state index in [-0.39, 0.29) is 11.4 Å². The quantitative estimate of drug-likeness (QED) is 0.749. The molecule has 2 atom stereocenters. The van der Waals surface area contributed by atoms with Crippen LogP contribution >= 0.6 is 0 Å². The molecule has 1 aliphatic heterocycles. The lowest BCUT2D eigenvalue weighted by atomic mass is 9.98. The highest BCUT2D eigenvalue weighted by Gasteiger charge is 2.36. The van der Waals surface area contributed by atoms with E-state index in [2.05, 4.69) is 43.5 Å². The van der Waals surface area contributed by atoms with Crippen LogP contribution in [0.3, 0.4) is 0 Å². The molecule has 100 valence electrons. The molecule has 0 bridgehead atoms. The predicted octanol–water partition coefficient (Wildman–Crippen LogP) is 0.831. The maximum Gasteiger partial charge on any atom is 0.240 e. The molecule has 0 saturated carbocycles. The molecule has 1 fully saturated rings. The first-order chi connectivity index (χ1) is 7.87. The molecule has 1 amide bonds. The molecule has 1 rings (SSSR count). The Morgan fingerprint density at radius 3 is 2.53 bits per heavy atom. The Morgan fingerprint density at radius 2 is 2.12 bits per heavy atom. The van der Waals surface area contributed by atoms with Crippen LogP contribution < -0.4 is 10.6 Å². The second kappa shape index (κ2) is 5.83. The first-order valence-electron chi connectivity index (χ1n) is 6.56. The second-order valence-corrected chi connectivity index (χ2v) is 5.85. The van der Waals surface area contributed by atoms with Crippen LogP contribution in [0.25, 0.3) is 0 Å². The third kappa shape index (κ3) is 3.68. The van der Waals surface area contributed by atoms with Crippen molar-refractivity contribution in [1.82, 2.24) is 15.5 Å². The van der Waals surface area contributed by atoms with E-state index in [1.54, 1.807) is 0 Å². The number of amides is 1. The monoisotopic (exact) mass is 241 g/mol. The van der Waals surface area contributed by atoms with Crippen molar-refractivity contribution in [2.45, 2.75) is 45.2 Å². The second-order valence-electron chi connectivity index (χ2n) is 5.85. The molecule has 0 spiro atoms. The molecule has 0 aromatic rings. The van der Waals surface area contributed by atoms with Gasteiger partial charge in [0.05, 0.1) is 5.54 Å². The normalized spacial score (nSPS) is 26.5. The van der Waals surface area contributed by atoms with Crippen molar-refractivity contribution in [1.29, 1.82) is 0 Å². The summed E-state index contributed by atoms with van der Waals surface area (Å²) in [7, 11) is 4.12. The molecule has 17 heavy (non-hydrogen) atoms. The third-order valence-corrected chi connectivity index (χ3v) is 3.77. The molecule has 0 aliphatic carbocycles. The van der Waals surface area contributed by atoms with Crippen molar-refractivity contribution in [3.8, 4) is 0 Å². The maximum absolute atomic E-state index is 12.1. The number of nitrogens with zero attached hydrogens (tertiary/aromatic N) is 1. The van der Waals surface area contributed by atoms with Gasteiger partial charge in [0, 0.05) is 12.6 Å². The van der Waals surface area contributed by atoms with E-state index < -0.39 is 0 Å². The first-order valence-corrected chi connectivity index (χ1v) is 6.56. The molecule has 0 aromatic carbocycles. The van der Waals surface area contributed by atoms with Crippen LogP contribution in [0.15, 0.2) is 0 Å². The number of carbonyl (C=O) groups is 1. The Kier molecular flexibility index (Phi) is 4.95. The molecule has 1 saturated heterocycles. The zero-order valence-electron chi connectivity index (χ0n) is 11.8. The van der Waals surface area contributed by atoms with E-state index in [1.807, 2.05) is 6.92 Å². The molecule has 0 aromatic heterocycles. The van der Waals surface area contributed by atoms with E-state index in [4.69, 9.17) is 0 Å². The van der Waals surface area contributed by atoms with Gasteiger partial charge < -0.3 is 15.5 Å². The van der Waals surface area contributed by atoms with Gasteiger partial charge in [-0.05, 0) is 46.3 Å². The van der Waals surface area contributed by atoms with E-state index >= 15 is 0 Å². The van der Waals surface area contributed by atoms with Crippen molar-refractivity contribution in [3.63, 3.8) is 0 Å². The number of rotatable bonds is 5. The Hall–Kier alpha value is -0.610. The van der Waals surface area contributed by atoms with Gasteiger partial charge >= 0.3 is 0 Å². The fourth-order valence-corrected chi connectivity index (χ4v) is 2.50. The van der Waals surface area contributed by atoms with Crippen molar-refractivity contribution in [2.24, 2.45) is 5.92 Å². The fraction of sp³-hybridized carbons (Fsp3) is 0.923. The van der Waals surface area contributed by atoms with Crippen LogP contribution in [0, 0.1) is 5.92 Å². The highest BCUT2D eigenvalue weighted by Crippen LogP contribution is 2.18. The average Bonchev–Trinajstić information content (AvgIpc) is 2.65. The summed E-state index contributed by atoms with van der Waals surface area (Å²) in [5.74, 6) is 0.678. The molecule has 4 heteroatoms. The zero-order chi connectivity index (χ0) is 13.1. The van der Waals surface area contributed by atoms with E-state index in [0.29, 0.717) is 12.0 Å². The summed E-state index contributed by atoms with van der Waals surface area (Å²) < 4.78 is 0. The molecule has 1 aliphatic rings. The summed E-state index contributed by atoms with van der Waals surface area (Å²) in [6.07, 6.45) is 2.03. The Balaban J connectivity index is 2.46. The Labute approximate surface area is 105 Å². The zero-order valence-corrected chi connectivity index (χ0v) is 11.8. The molecule has 1 heterocycles. The minimum atomic E-state index is -0.353. The van der Waals surface area contributed by atoms with Crippen LogP contribution in [0.4, 0.5) is 0 Å². The summed E-state index contributed by atoms with van der Waals surface area (Å²) >= 11 is 0. The van der Waals surface area contributed by atoms with Crippen LogP contribution in [0.1, 0.15) is 33.6 Å². The predicted molar refractivity (Wildman–Crippen MR) is 71.0 cm³/mol. The van der Waals surface area contributed by atoms with Crippen LogP contribution in [-0.2, 0) is 4.79 Å². The van der Waals surface area contributed by atoms with Crippen molar-refractivity contribution in [3.05, 3.63) is 0 Å². The topological polar surface area (TPSA) is 44.4 Å². The van der Waals surface area contributed by atoms with Gasteiger partial charge in [-0.3, -0.25) is 4.79 Å². The molecule has 2 N–H and O–H groups in total. The average molecular weight is 241 g/mol. The lowest BCUT2D eigenvalue weighted by molar-refractivity contribution is -0.126. The van der Waals surface area contributed by atoms with Gasteiger partial charge in [-0.1, -0.05) is 13.8 Å². The number of carbonyl (C=O) groups excluding carboxylic acids is 1. The lowest BCUT2D eigenvalue weighted by Crippen LogP contribution is -2.54. The third-order valence-electron chi connectivity index (χ3n) is 3.77. The standard InChI is InChI=1S/C13H27N3O/c1-10(2)11(16(4)5)9-14-12(17)13(3)7-6-8-15-13/h10-11,15H,6-9H2,1-5H3,(H,14,17). The minimum Gasteiger partial charge on any atom is -0.353 e. The summed E-state index contributed by atoms with van der Waals surface area (Å²) in [5, 5.41) is 6.37. The summed E-state index contributed by atoms with van der Waals surface area (Å²) in [6.45, 7) is 8.04. The van der Waals surface area contributed by atoms with Gasteiger partial charge in [0.15, 0.2) is 0 Å². The smallest absolute Gasteiger partial charge is 0.240 e. The van der Waals surface area contributed by atoms with Gasteiger partial charge in [-0.2, -0.15) is 0 Å². The van der Waals surface area contributed by atoms with Crippen LogP contribution in [-0.4, -0.2) is 49.6 Å². The molecule has 4 nitrogen and oxygen atoms in total. The highest BCUT2D eigenvalue weighted by molar-refractivity contribution is 5.86. The summed E-state index contributed by atoms with van der Waals surface area (Å²) in [4.78, 5) is 14.3. The van der Waals surface area contributed by atoms with Crippen molar-refractivity contribution < 1.29 is 4.79 Å². The Bertz CT molecular complexity index is 249. The summed E-state index contributed by atoms with van der Waals surface area (Å²) in [5.41, 5.74) is -0.353. The fourth-order valence-electron chi connectivity index (χ4n) is 2.50. The van der Waals surface area contributed by atoms with Crippen molar-refractivity contribution >= 4 is 5.91 Å². The van der Waals surface area contributed by atoms with Crippen molar-refractivity contribution in [2.75, 3.05) is 27.2 Å². The number of hydrogen-bond acceptors (Lipinski definition) is 3. The largest absolute Gasteiger partial charge is 0.353 e. The summed E-state index contributed by atoms with van der Waals surface area (Å²) in [6, 6.07) is 0.393. The maximum atomic E-state index is 12.1. The number of likely N-dealkylation sites (N-methyl/N-ethyl adjacent to an activating group) is 1. The molecular formula is C13H27N3O. The van der Waals surface area contributed by atoms with Crippen LogP contribution in [0.2, 0.25) is 0 Å². The van der Waals surface area contributed by atoms with Gasteiger partial charge in [0.1, 0.15) is 0 Å². The minimum absolute atomic E-state index is 0.141. The highest BCUT2D eigenvalue weighted by atomic mass is 16.2. The SMILES string of the molecule is CC(C)C(CNC(=O)C1(C)CCCN1)N(C)C. The molecule has 0 radical (unpaired) electrons. The number of nitrogens with one attached hydrogen (secondary N) is 2. The number of hydrogen-bond donors (Lipinski definition) is 2. The van der Waals surface area contributed by atoms with Gasteiger partial charge in [0.2, 0.25) is 5.91 Å². The van der Waals surface area contributed by atoms with Crippen LogP contribution in [0.5, 0.6) is 0 Å². The van der Waals surface area contributed by atoms with Gasteiger partial charge in [-0.25, -0.2) is 0 Å². The van der Waals surface area contributed by atoms with E-state index in [0.717, 1.165) is 25.9 Å². The molecule has 2 unspecified atom stereocenters. The molecular weight excluding hydrogens is 214 g/mol. The van der Waals surface area contributed by atoms with E-state index in [9.17, 15) is 4.79 Å². The first kappa shape index (κ1) is 14.5. The van der Waals surface area contributed by atoms with Gasteiger partial charge in [0.25, 0.3) is 0 Å². The van der Waals surface area contributed by atoms with E-state index in [1.165, 1.54) is 0 Å².